The summed E-state index contributed by atoms with van der Waals surface area (Å²) in [4.78, 5) is 0. The second kappa shape index (κ2) is 6.58. The van der Waals surface area contributed by atoms with Crippen molar-refractivity contribution in [3.8, 4) is 5.75 Å². The quantitative estimate of drug-likeness (QED) is 0.810. The number of nitrogen functional groups attached to an aromatic ring is 1. The number of hydrogen-bond acceptors (Lipinski definition) is 3. The van der Waals surface area contributed by atoms with Crippen LogP contribution in [0.15, 0.2) is 36.4 Å². The number of ether oxygens (including phenoxy) is 1. The van der Waals surface area contributed by atoms with Gasteiger partial charge >= 0.3 is 6.61 Å². The summed E-state index contributed by atoms with van der Waals surface area (Å²) in [7, 11) is 0. The number of rotatable bonds is 5. The number of hydrogen-bond donors (Lipinski definition) is 2. The number of alkyl halides is 2. The Morgan fingerprint density at radius 1 is 1.19 bits per heavy atom. The normalized spacial score (nSPS) is 10.7. The molecule has 0 aliphatic heterocycles. The molecule has 21 heavy (non-hydrogen) atoms. The van der Waals surface area contributed by atoms with Gasteiger partial charge < -0.3 is 15.8 Å². The van der Waals surface area contributed by atoms with Gasteiger partial charge in [0.2, 0.25) is 0 Å². The van der Waals surface area contributed by atoms with E-state index in [9.17, 15) is 13.2 Å². The molecule has 3 N–H and O–H groups in total. The highest BCUT2D eigenvalue weighted by atomic mass is 35.5. The van der Waals surface area contributed by atoms with Gasteiger partial charge in [-0.05, 0) is 17.7 Å². The van der Waals surface area contributed by atoms with Gasteiger partial charge in [-0.25, -0.2) is 4.39 Å². The number of nitrogens with two attached hydrogens (primary N) is 1. The molecule has 0 unspecified atom stereocenters. The van der Waals surface area contributed by atoms with Crippen molar-refractivity contribution in [1.29, 1.82) is 0 Å². The predicted octanol–water partition coefficient (Wildman–Crippen LogP) is 4.27. The Morgan fingerprint density at radius 2 is 1.86 bits per heavy atom. The van der Waals surface area contributed by atoms with Gasteiger partial charge in [-0.3, -0.25) is 0 Å². The Hall–Kier alpha value is -2.08. The molecule has 0 saturated carbocycles. The largest absolute Gasteiger partial charge is 0.432 e. The van der Waals surface area contributed by atoms with E-state index in [1.165, 1.54) is 0 Å². The van der Waals surface area contributed by atoms with E-state index in [1.54, 1.807) is 24.3 Å². The molecule has 0 aliphatic rings. The SMILES string of the molecule is Nc1cc(F)c(OC(F)F)cc1NCc1ccc(Cl)cc1. The predicted molar refractivity (Wildman–Crippen MR) is 76.2 cm³/mol. The third kappa shape index (κ3) is 4.19. The molecule has 0 aliphatic carbocycles. The van der Waals surface area contributed by atoms with Gasteiger partial charge in [0.05, 0.1) is 11.4 Å². The van der Waals surface area contributed by atoms with E-state index in [-0.39, 0.29) is 5.69 Å². The third-order valence-electron chi connectivity index (χ3n) is 2.72. The second-order valence-electron chi connectivity index (χ2n) is 4.23. The average Bonchev–Trinajstić information content (AvgIpc) is 2.42. The van der Waals surface area contributed by atoms with E-state index in [4.69, 9.17) is 17.3 Å². The summed E-state index contributed by atoms with van der Waals surface area (Å²) < 4.78 is 41.8. The average molecular weight is 317 g/mol. The number of halogens is 4. The van der Waals surface area contributed by atoms with Crippen molar-refractivity contribution in [2.45, 2.75) is 13.2 Å². The maximum atomic E-state index is 13.4. The second-order valence-corrected chi connectivity index (χ2v) is 4.66. The van der Waals surface area contributed by atoms with Crippen LogP contribution in [0.1, 0.15) is 5.56 Å². The lowest BCUT2D eigenvalue weighted by Crippen LogP contribution is -2.07. The van der Waals surface area contributed by atoms with Gasteiger partial charge in [0.15, 0.2) is 11.6 Å². The maximum absolute atomic E-state index is 13.4. The number of anilines is 2. The van der Waals surface area contributed by atoms with Crippen molar-refractivity contribution in [1.82, 2.24) is 0 Å². The lowest BCUT2D eigenvalue weighted by atomic mass is 10.2. The molecule has 2 aromatic rings. The minimum atomic E-state index is -3.10. The third-order valence-corrected chi connectivity index (χ3v) is 2.97. The number of benzene rings is 2. The Bertz CT molecular complexity index is 620. The van der Waals surface area contributed by atoms with Crippen LogP contribution in [0.4, 0.5) is 24.5 Å². The minimum absolute atomic E-state index is 0.100. The first-order chi connectivity index (χ1) is 9.95. The van der Waals surface area contributed by atoms with Crippen molar-refractivity contribution in [2.24, 2.45) is 0 Å². The Labute approximate surface area is 124 Å². The van der Waals surface area contributed by atoms with Crippen LogP contribution in [0, 0.1) is 5.82 Å². The molecule has 2 rings (SSSR count). The van der Waals surface area contributed by atoms with E-state index >= 15 is 0 Å². The van der Waals surface area contributed by atoms with E-state index in [0.717, 1.165) is 17.7 Å². The summed E-state index contributed by atoms with van der Waals surface area (Å²) in [5.74, 6) is -1.50. The van der Waals surface area contributed by atoms with Gasteiger partial charge in [0, 0.05) is 23.7 Å². The molecule has 0 radical (unpaired) electrons. The standard InChI is InChI=1S/C14H12ClF3N2O/c15-9-3-1-8(2-4-9)7-20-12-6-13(21-14(17)18)10(16)5-11(12)19/h1-6,14,20H,7,19H2. The molecule has 0 bridgehead atoms. The molecule has 0 fully saturated rings. The highest BCUT2D eigenvalue weighted by Crippen LogP contribution is 2.29. The van der Waals surface area contributed by atoms with Crippen molar-refractivity contribution in [3.63, 3.8) is 0 Å². The lowest BCUT2D eigenvalue weighted by molar-refractivity contribution is -0.0521. The van der Waals surface area contributed by atoms with Gasteiger partial charge in [-0.2, -0.15) is 8.78 Å². The van der Waals surface area contributed by atoms with Crippen LogP contribution in [-0.4, -0.2) is 6.61 Å². The van der Waals surface area contributed by atoms with Crippen LogP contribution in [0.25, 0.3) is 0 Å². The maximum Gasteiger partial charge on any atom is 0.387 e. The van der Waals surface area contributed by atoms with E-state index < -0.39 is 18.2 Å². The van der Waals surface area contributed by atoms with E-state index in [1.807, 2.05) is 0 Å². The fourth-order valence-electron chi connectivity index (χ4n) is 1.71. The molecule has 7 heteroatoms. The Morgan fingerprint density at radius 3 is 2.48 bits per heavy atom. The molecule has 0 atom stereocenters. The van der Waals surface area contributed by atoms with Crippen molar-refractivity contribution < 1.29 is 17.9 Å². The fraction of sp³-hybridized carbons (Fsp3) is 0.143. The highest BCUT2D eigenvalue weighted by molar-refractivity contribution is 6.30. The smallest absolute Gasteiger partial charge is 0.387 e. The van der Waals surface area contributed by atoms with Crippen LogP contribution < -0.4 is 15.8 Å². The molecule has 0 spiro atoms. The zero-order valence-corrected chi connectivity index (χ0v) is 11.5. The Kier molecular flexibility index (Phi) is 4.80. The molecule has 112 valence electrons. The monoisotopic (exact) mass is 316 g/mol. The van der Waals surface area contributed by atoms with Gasteiger partial charge in [0.1, 0.15) is 0 Å². The number of nitrogens with one attached hydrogen (secondary N) is 1. The van der Waals surface area contributed by atoms with Gasteiger partial charge in [0.25, 0.3) is 0 Å². The minimum Gasteiger partial charge on any atom is -0.432 e. The first kappa shape index (κ1) is 15.3. The summed E-state index contributed by atoms with van der Waals surface area (Å²) in [6.07, 6.45) is 0. The van der Waals surface area contributed by atoms with Crippen LogP contribution in [0.3, 0.4) is 0 Å². The zero-order valence-electron chi connectivity index (χ0n) is 10.7. The Balaban J connectivity index is 2.13. The summed E-state index contributed by atoms with van der Waals surface area (Å²) in [5.41, 5.74) is 6.95. The van der Waals surface area contributed by atoms with E-state index in [2.05, 4.69) is 10.1 Å². The molecule has 2 aromatic carbocycles. The lowest BCUT2D eigenvalue weighted by Gasteiger charge is -2.13. The van der Waals surface area contributed by atoms with Gasteiger partial charge in [-0.15, -0.1) is 0 Å². The molecular weight excluding hydrogens is 305 g/mol. The van der Waals surface area contributed by atoms with Crippen LogP contribution >= 0.6 is 11.6 Å². The molecule has 0 heterocycles. The summed E-state index contributed by atoms with van der Waals surface area (Å²) in [6, 6.07) is 9.07. The van der Waals surface area contributed by atoms with Crippen molar-refractivity contribution in [3.05, 3.63) is 52.8 Å². The summed E-state index contributed by atoms with van der Waals surface area (Å²) in [6.45, 7) is -2.73. The molecule has 3 nitrogen and oxygen atoms in total. The summed E-state index contributed by atoms with van der Waals surface area (Å²) >= 11 is 5.77. The van der Waals surface area contributed by atoms with Crippen LogP contribution in [0.5, 0.6) is 5.75 Å². The molecule has 0 amide bonds. The summed E-state index contributed by atoms with van der Waals surface area (Å²) in [5, 5.41) is 3.53. The molecule has 0 saturated heterocycles. The topological polar surface area (TPSA) is 47.3 Å². The van der Waals surface area contributed by atoms with Gasteiger partial charge in [-0.1, -0.05) is 23.7 Å². The first-order valence-electron chi connectivity index (χ1n) is 5.98. The van der Waals surface area contributed by atoms with E-state index in [0.29, 0.717) is 17.3 Å². The molecular formula is C14H12ClF3N2O. The van der Waals surface area contributed by atoms with Crippen LogP contribution in [-0.2, 0) is 6.54 Å². The van der Waals surface area contributed by atoms with Crippen LogP contribution in [0.2, 0.25) is 5.02 Å². The van der Waals surface area contributed by atoms with Crippen molar-refractivity contribution in [2.75, 3.05) is 11.1 Å². The highest BCUT2D eigenvalue weighted by Gasteiger charge is 2.13. The molecule has 0 aromatic heterocycles. The van der Waals surface area contributed by atoms with Crippen molar-refractivity contribution >= 4 is 23.0 Å². The zero-order chi connectivity index (χ0) is 15.4. The fourth-order valence-corrected chi connectivity index (χ4v) is 1.83. The first-order valence-corrected chi connectivity index (χ1v) is 6.35.